The SMILES string of the molecule is CC1CCC(C(=O)NC2CCN(Cc3c#cc(N4CCOCC4)nc3)CC2)CC1C1=CN=CCC1. The van der Waals surface area contributed by atoms with Crippen molar-refractivity contribution >= 4 is 17.9 Å². The second kappa shape index (κ2) is 11.5. The van der Waals surface area contributed by atoms with Crippen molar-refractivity contribution in [3.05, 3.63) is 35.7 Å². The first-order chi connectivity index (χ1) is 17.2. The number of carbonyl (C=O) groups excluding carboxylic acids is 1. The van der Waals surface area contributed by atoms with Gasteiger partial charge in [-0.1, -0.05) is 13.0 Å². The zero-order chi connectivity index (χ0) is 24.0. The van der Waals surface area contributed by atoms with Gasteiger partial charge >= 0.3 is 0 Å². The number of morpholine rings is 1. The van der Waals surface area contributed by atoms with Crippen LogP contribution in [0.25, 0.3) is 0 Å². The Bertz CT molecular complexity index is 900. The van der Waals surface area contributed by atoms with Crippen molar-refractivity contribution < 1.29 is 9.53 Å². The van der Waals surface area contributed by atoms with Crippen LogP contribution in [-0.4, -0.2) is 67.4 Å². The highest BCUT2D eigenvalue weighted by Crippen LogP contribution is 2.40. The van der Waals surface area contributed by atoms with Gasteiger partial charge in [0, 0.05) is 68.9 Å². The van der Waals surface area contributed by atoms with E-state index >= 15 is 0 Å². The molecule has 1 aromatic rings. The van der Waals surface area contributed by atoms with Gasteiger partial charge in [-0.2, -0.15) is 0 Å². The van der Waals surface area contributed by atoms with Gasteiger partial charge in [0.1, 0.15) is 0 Å². The van der Waals surface area contributed by atoms with Crippen molar-refractivity contribution in [1.82, 2.24) is 15.2 Å². The first-order valence-electron chi connectivity index (χ1n) is 13.5. The summed E-state index contributed by atoms with van der Waals surface area (Å²) in [5, 5.41) is 3.40. The number of hydrogen-bond acceptors (Lipinski definition) is 6. The van der Waals surface area contributed by atoms with Crippen LogP contribution in [-0.2, 0) is 16.1 Å². The zero-order valence-corrected chi connectivity index (χ0v) is 21.0. The molecule has 3 unspecified atom stereocenters. The van der Waals surface area contributed by atoms with Gasteiger partial charge in [0.2, 0.25) is 5.91 Å². The topological polar surface area (TPSA) is 70.1 Å². The van der Waals surface area contributed by atoms with Crippen LogP contribution in [0.1, 0.15) is 57.4 Å². The third-order valence-corrected chi connectivity index (χ3v) is 8.27. The Labute approximate surface area is 210 Å². The number of amides is 1. The maximum Gasteiger partial charge on any atom is 0.223 e. The van der Waals surface area contributed by atoms with E-state index in [1.54, 1.807) is 0 Å². The lowest BCUT2D eigenvalue weighted by molar-refractivity contribution is -0.127. The van der Waals surface area contributed by atoms with Crippen molar-refractivity contribution in [3.63, 3.8) is 0 Å². The largest absolute Gasteiger partial charge is 0.378 e. The van der Waals surface area contributed by atoms with Crippen LogP contribution in [0.4, 0.5) is 5.82 Å². The molecule has 4 aliphatic rings. The average molecular weight is 478 g/mol. The van der Waals surface area contributed by atoms with E-state index in [-0.39, 0.29) is 17.9 Å². The molecule has 188 valence electrons. The summed E-state index contributed by atoms with van der Waals surface area (Å²) >= 11 is 0. The second-order valence-electron chi connectivity index (χ2n) is 10.7. The van der Waals surface area contributed by atoms with E-state index in [2.05, 4.69) is 50.3 Å². The molecular weight excluding hydrogens is 438 g/mol. The minimum Gasteiger partial charge on any atom is -0.378 e. The van der Waals surface area contributed by atoms with Crippen molar-refractivity contribution in [2.75, 3.05) is 44.3 Å². The molecular formula is C28H39N5O2. The molecule has 7 nitrogen and oxygen atoms in total. The van der Waals surface area contributed by atoms with E-state index in [1.807, 2.05) is 12.4 Å². The average Bonchev–Trinajstić information content (AvgIpc) is 2.91. The zero-order valence-electron chi connectivity index (χ0n) is 21.0. The number of ether oxygens (including phenoxy) is 1. The summed E-state index contributed by atoms with van der Waals surface area (Å²) in [7, 11) is 0. The summed E-state index contributed by atoms with van der Waals surface area (Å²) in [5.74, 6) is 2.43. The molecule has 3 aliphatic heterocycles. The molecule has 1 aliphatic carbocycles. The Morgan fingerprint density at radius 1 is 1.14 bits per heavy atom. The highest BCUT2D eigenvalue weighted by atomic mass is 16.5. The molecule has 35 heavy (non-hydrogen) atoms. The first kappa shape index (κ1) is 24.3. The van der Waals surface area contributed by atoms with Gasteiger partial charge in [0.25, 0.3) is 0 Å². The summed E-state index contributed by atoms with van der Waals surface area (Å²) in [6.07, 6.45) is 13.3. The van der Waals surface area contributed by atoms with E-state index < -0.39 is 0 Å². The number of nitrogens with zero attached hydrogens (tertiary/aromatic N) is 4. The third-order valence-electron chi connectivity index (χ3n) is 8.27. The van der Waals surface area contributed by atoms with Crippen molar-refractivity contribution in [2.24, 2.45) is 22.7 Å². The maximum absolute atomic E-state index is 13.1. The fourth-order valence-electron chi connectivity index (χ4n) is 6.03. The number of aliphatic imine (C=N–C) groups is 1. The quantitative estimate of drug-likeness (QED) is 0.680. The fourth-order valence-corrected chi connectivity index (χ4v) is 6.03. The monoisotopic (exact) mass is 477 g/mol. The molecule has 0 aromatic carbocycles. The minimum absolute atomic E-state index is 0.141. The number of nitrogens with one attached hydrogen (secondary N) is 1. The van der Waals surface area contributed by atoms with Crippen molar-refractivity contribution in [3.8, 4) is 0 Å². The number of anilines is 1. The van der Waals surface area contributed by atoms with Gasteiger partial charge in [0.15, 0.2) is 5.82 Å². The highest BCUT2D eigenvalue weighted by molar-refractivity contribution is 5.79. The van der Waals surface area contributed by atoms with Crippen LogP contribution in [0.3, 0.4) is 0 Å². The summed E-state index contributed by atoms with van der Waals surface area (Å²) in [4.78, 5) is 26.8. The molecule has 0 radical (unpaired) electrons. The number of aromatic nitrogens is 1. The summed E-state index contributed by atoms with van der Waals surface area (Å²) in [6, 6.07) is 6.83. The number of carbonyl (C=O) groups is 1. The van der Waals surface area contributed by atoms with Gasteiger partial charge in [-0.25, -0.2) is 4.98 Å². The van der Waals surface area contributed by atoms with E-state index in [4.69, 9.17) is 4.74 Å². The Balaban J connectivity index is 1.06. The number of likely N-dealkylation sites (tertiary alicyclic amines) is 1. The molecule has 1 saturated carbocycles. The van der Waals surface area contributed by atoms with Crippen molar-refractivity contribution in [2.45, 2.75) is 64.5 Å². The number of piperidine rings is 1. The van der Waals surface area contributed by atoms with Crippen LogP contribution in [0.5, 0.6) is 0 Å². The molecule has 5 rings (SSSR count). The molecule has 1 N–H and O–H groups in total. The number of allylic oxidation sites excluding steroid dienone is 1. The van der Waals surface area contributed by atoms with Crippen LogP contribution in [0.2, 0.25) is 0 Å². The molecule has 1 amide bonds. The molecule has 2 saturated heterocycles. The van der Waals surface area contributed by atoms with Crippen molar-refractivity contribution in [1.29, 1.82) is 0 Å². The Kier molecular flexibility index (Phi) is 8.00. The fraction of sp³-hybridized carbons (Fsp3) is 0.679. The predicted octanol–water partition coefficient (Wildman–Crippen LogP) is 3.40. The van der Waals surface area contributed by atoms with Crippen LogP contribution >= 0.6 is 0 Å². The molecule has 3 fully saturated rings. The van der Waals surface area contributed by atoms with Gasteiger partial charge in [0.05, 0.1) is 13.2 Å². The highest BCUT2D eigenvalue weighted by Gasteiger charge is 2.34. The number of hydrogen-bond donors (Lipinski definition) is 1. The Morgan fingerprint density at radius 3 is 2.69 bits per heavy atom. The summed E-state index contributed by atoms with van der Waals surface area (Å²) < 4.78 is 5.41. The molecule has 0 bridgehead atoms. The predicted molar refractivity (Wildman–Crippen MR) is 137 cm³/mol. The van der Waals surface area contributed by atoms with Crippen LogP contribution in [0.15, 0.2) is 23.0 Å². The van der Waals surface area contributed by atoms with Gasteiger partial charge in [-0.05, 0) is 68.4 Å². The first-order valence-corrected chi connectivity index (χ1v) is 13.5. The van der Waals surface area contributed by atoms with Crippen LogP contribution in [0, 0.1) is 29.9 Å². The maximum atomic E-state index is 13.1. The lowest BCUT2D eigenvalue weighted by atomic mass is 9.70. The Hall–Kier alpha value is -2.43. The number of rotatable bonds is 6. The molecule has 0 spiro atoms. The molecule has 1 aromatic heterocycles. The minimum atomic E-state index is 0.141. The van der Waals surface area contributed by atoms with Gasteiger partial charge in [-0.3, -0.25) is 14.7 Å². The molecule has 3 atom stereocenters. The van der Waals surface area contributed by atoms with E-state index in [9.17, 15) is 4.79 Å². The smallest absolute Gasteiger partial charge is 0.223 e. The normalized spacial score (nSPS) is 28.3. The van der Waals surface area contributed by atoms with Gasteiger partial charge in [-0.15, -0.1) is 0 Å². The van der Waals surface area contributed by atoms with Crippen LogP contribution < -0.4 is 10.2 Å². The summed E-state index contributed by atoms with van der Waals surface area (Å²) in [6.45, 7) is 8.37. The van der Waals surface area contributed by atoms with E-state index in [0.717, 1.165) is 102 Å². The lowest BCUT2D eigenvalue weighted by Crippen LogP contribution is -2.47. The standard InChI is InChI=1S/C28H39N5O2/c1-21-4-6-23(17-26(21)24-3-2-10-29-19-24)28(34)31-25-8-11-32(12-9-25)20-22-5-7-27(30-18-22)33-13-15-35-16-14-33/h10,18-19,21,23,25-26H,2-4,6,8-9,11-17,20H2,1H3,(H,31,34). The third kappa shape index (κ3) is 6.23. The summed E-state index contributed by atoms with van der Waals surface area (Å²) in [5.41, 5.74) is 2.53. The molecule has 4 heterocycles. The van der Waals surface area contributed by atoms with E-state index in [1.165, 1.54) is 5.57 Å². The lowest BCUT2D eigenvalue weighted by Gasteiger charge is -2.37. The van der Waals surface area contributed by atoms with E-state index in [0.29, 0.717) is 11.8 Å². The Morgan fingerprint density at radius 2 is 1.97 bits per heavy atom. The second-order valence-corrected chi connectivity index (χ2v) is 10.7. The molecule has 7 heteroatoms. The van der Waals surface area contributed by atoms with Gasteiger partial charge < -0.3 is 15.0 Å².